The van der Waals surface area contributed by atoms with E-state index in [1.54, 1.807) is 0 Å². The summed E-state index contributed by atoms with van der Waals surface area (Å²) in [5.41, 5.74) is 3.32. The second-order valence-corrected chi connectivity index (χ2v) is 7.71. The molecule has 2 N–H and O–H groups in total. The van der Waals surface area contributed by atoms with E-state index in [2.05, 4.69) is 69.7 Å². The van der Waals surface area contributed by atoms with Crippen molar-refractivity contribution in [2.45, 2.75) is 26.7 Å². The number of nitrogens with one attached hydrogen (secondary N) is 2. The molecule has 138 valence electrons. The van der Waals surface area contributed by atoms with Crippen molar-refractivity contribution in [2.75, 3.05) is 20.1 Å². The van der Waals surface area contributed by atoms with Crippen LogP contribution in [0.5, 0.6) is 0 Å². The van der Waals surface area contributed by atoms with Crippen LogP contribution in [0.1, 0.15) is 23.1 Å². The first kappa shape index (κ1) is 18.5. The largest absolute Gasteiger partial charge is 0.356 e. The van der Waals surface area contributed by atoms with Gasteiger partial charge in [0.1, 0.15) is 5.65 Å². The van der Waals surface area contributed by atoms with Gasteiger partial charge in [0.15, 0.2) is 5.96 Å². The number of aliphatic imine (C=N–C) groups is 1. The fourth-order valence-electron chi connectivity index (χ4n) is 2.97. The van der Waals surface area contributed by atoms with Crippen LogP contribution in [0.25, 0.3) is 5.65 Å². The lowest BCUT2D eigenvalue weighted by molar-refractivity contribution is 0.562. The number of hydrogen-bond acceptors (Lipinski definition) is 3. The maximum atomic E-state index is 4.71. The first-order valence-corrected chi connectivity index (χ1v) is 9.93. The first-order valence-electron chi connectivity index (χ1n) is 9.06. The van der Waals surface area contributed by atoms with Crippen molar-refractivity contribution >= 4 is 22.9 Å². The standard InChI is InChI=1S/C20H27N5S/c1-15(12-18-7-5-11-26-18)13-23-20(21-3)22-9-8-17-14-25-10-4-6-16(2)19(25)24-17/h4-7,10-11,14-15H,8-9,12-13H2,1-3H3,(H2,21,22,23). The molecule has 0 amide bonds. The van der Waals surface area contributed by atoms with Crippen LogP contribution in [0.4, 0.5) is 0 Å². The van der Waals surface area contributed by atoms with Crippen molar-refractivity contribution in [3.05, 3.63) is 58.2 Å². The molecule has 0 spiro atoms. The van der Waals surface area contributed by atoms with Crippen LogP contribution < -0.4 is 10.6 Å². The summed E-state index contributed by atoms with van der Waals surface area (Å²) < 4.78 is 2.09. The Balaban J connectivity index is 1.44. The summed E-state index contributed by atoms with van der Waals surface area (Å²) >= 11 is 1.82. The van der Waals surface area contributed by atoms with Gasteiger partial charge in [0.05, 0.1) is 5.69 Å². The highest BCUT2D eigenvalue weighted by atomic mass is 32.1. The van der Waals surface area contributed by atoms with E-state index in [-0.39, 0.29) is 0 Å². The van der Waals surface area contributed by atoms with Crippen LogP contribution in [-0.4, -0.2) is 35.5 Å². The molecule has 0 radical (unpaired) electrons. The van der Waals surface area contributed by atoms with Crippen molar-refractivity contribution in [3.8, 4) is 0 Å². The van der Waals surface area contributed by atoms with E-state index in [4.69, 9.17) is 4.98 Å². The van der Waals surface area contributed by atoms with Gasteiger partial charge in [-0.25, -0.2) is 4.98 Å². The quantitative estimate of drug-likeness (QED) is 0.496. The Morgan fingerprint density at radius 2 is 2.19 bits per heavy atom. The zero-order valence-electron chi connectivity index (χ0n) is 15.7. The Kier molecular flexibility index (Phi) is 6.28. The lowest BCUT2D eigenvalue weighted by Crippen LogP contribution is -2.40. The molecule has 1 atom stereocenters. The van der Waals surface area contributed by atoms with Crippen molar-refractivity contribution in [1.82, 2.24) is 20.0 Å². The van der Waals surface area contributed by atoms with Gasteiger partial charge in [0.25, 0.3) is 0 Å². The fourth-order valence-corrected chi connectivity index (χ4v) is 3.84. The van der Waals surface area contributed by atoms with Gasteiger partial charge in [0.2, 0.25) is 0 Å². The second kappa shape index (κ2) is 8.85. The van der Waals surface area contributed by atoms with Crippen LogP contribution in [0.3, 0.4) is 0 Å². The number of nitrogens with zero attached hydrogens (tertiary/aromatic N) is 3. The van der Waals surface area contributed by atoms with Gasteiger partial charge in [0, 0.05) is 43.8 Å². The van der Waals surface area contributed by atoms with Gasteiger partial charge in [-0.15, -0.1) is 11.3 Å². The van der Waals surface area contributed by atoms with Crippen molar-refractivity contribution in [1.29, 1.82) is 0 Å². The highest BCUT2D eigenvalue weighted by molar-refractivity contribution is 7.09. The fraction of sp³-hybridized carbons (Fsp3) is 0.400. The van der Waals surface area contributed by atoms with Crippen LogP contribution in [0, 0.1) is 12.8 Å². The van der Waals surface area contributed by atoms with Crippen LogP contribution >= 0.6 is 11.3 Å². The van der Waals surface area contributed by atoms with Crippen molar-refractivity contribution in [3.63, 3.8) is 0 Å². The van der Waals surface area contributed by atoms with Crippen LogP contribution in [0.2, 0.25) is 0 Å². The topological polar surface area (TPSA) is 53.7 Å². The van der Waals surface area contributed by atoms with Crippen LogP contribution in [0.15, 0.2) is 47.0 Å². The average molecular weight is 370 g/mol. The third-order valence-electron chi connectivity index (χ3n) is 4.37. The summed E-state index contributed by atoms with van der Waals surface area (Å²) in [5.74, 6) is 1.41. The molecular weight excluding hydrogens is 342 g/mol. The summed E-state index contributed by atoms with van der Waals surface area (Å²) in [7, 11) is 1.81. The minimum absolute atomic E-state index is 0.564. The smallest absolute Gasteiger partial charge is 0.190 e. The summed E-state index contributed by atoms with van der Waals surface area (Å²) in [6, 6.07) is 8.45. The van der Waals surface area contributed by atoms with E-state index in [1.807, 2.05) is 24.6 Å². The molecule has 0 saturated heterocycles. The molecule has 1 unspecified atom stereocenters. The highest BCUT2D eigenvalue weighted by Crippen LogP contribution is 2.13. The summed E-state index contributed by atoms with van der Waals surface area (Å²) in [6.07, 6.45) is 6.11. The summed E-state index contributed by atoms with van der Waals surface area (Å²) in [4.78, 5) is 10.5. The van der Waals surface area contributed by atoms with Crippen LogP contribution in [-0.2, 0) is 12.8 Å². The monoisotopic (exact) mass is 369 g/mol. The number of thiophene rings is 1. The van der Waals surface area contributed by atoms with E-state index >= 15 is 0 Å². The number of aryl methyl sites for hydroxylation is 1. The molecule has 3 heterocycles. The summed E-state index contributed by atoms with van der Waals surface area (Å²) in [6.45, 7) is 6.07. The van der Waals surface area contributed by atoms with Gasteiger partial charge in [-0.05, 0) is 42.3 Å². The van der Waals surface area contributed by atoms with Gasteiger partial charge >= 0.3 is 0 Å². The third kappa shape index (κ3) is 4.85. The Morgan fingerprint density at radius 3 is 2.92 bits per heavy atom. The zero-order valence-corrected chi connectivity index (χ0v) is 16.5. The Morgan fingerprint density at radius 1 is 1.31 bits per heavy atom. The number of pyridine rings is 1. The minimum atomic E-state index is 0.564. The molecule has 3 aromatic heterocycles. The molecule has 0 aliphatic carbocycles. The van der Waals surface area contributed by atoms with E-state index in [9.17, 15) is 0 Å². The van der Waals surface area contributed by atoms with Crippen molar-refractivity contribution in [2.24, 2.45) is 10.9 Å². The van der Waals surface area contributed by atoms with Crippen molar-refractivity contribution < 1.29 is 0 Å². The number of hydrogen-bond donors (Lipinski definition) is 2. The molecule has 0 aromatic carbocycles. The zero-order chi connectivity index (χ0) is 18.4. The number of guanidine groups is 1. The number of fused-ring (bicyclic) bond motifs is 1. The molecule has 0 aliphatic rings. The first-order chi connectivity index (χ1) is 12.7. The van der Waals surface area contributed by atoms with Gasteiger partial charge in [-0.3, -0.25) is 4.99 Å². The van der Waals surface area contributed by atoms with Gasteiger partial charge < -0.3 is 15.0 Å². The molecular formula is C20H27N5S. The highest BCUT2D eigenvalue weighted by Gasteiger charge is 2.07. The minimum Gasteiger partial charge on any atom is -0.356 e. The molecule has 0 aliphatic heterocycles. The number of imidazole rings is 1. The van der Waals surface area contributed by atoms with Gasteiger partial charge in [-0.2, -0.15) is 0 Å². The Hall–Kier alpha value is -2.34. The number of rotatable bonds is 7. The van der Waals surface area contributed by atoms with E-state index in [1.165, 1.54) is 10.4 Å². The molecule has 0 fully saturated rings. The second-order valence-electron chi connectivity index (χ2n) is 6.67. The maximum absolute atomic E-state index is 4.71. The Labute approximate surface area is 159 Å². The van der Waals surface area contributed by atoms with E-state index in [0.29, 0.717) is 5.92 Å². The third-order valence-corrected chi connectivity index (χ3v) is 5.27. The molecule has 0 bridgehead atoms. The molecule has 26 heavy (non-hydrogen) atoms. The molecule has 3 aromatic rings. The normalized spacial score (nSPS) is 13.1. The SMILES string of the molecule is CN=C(NCCc1cn2cccc(C)c2n1)NCC(C)Cc1cccs1. The van der Waals surface area contributed by atoms with Gasteiger partial charge in [-0.1, -0.05) is 19.1 Å². The predicted molar refractivity (Wildman–Crippen MR) is 110 cm³/mol. The lowest BCUT2D eigenvalue weighted by atomic mass is 10.1. The Bertz CT molecular complexity index is 850. The maximum Gasteiger partial charge on any atom is 0.190 e. The predicted octanol–water partition coefficient (Wildman–Crippen LogP) is 3.29. The number of aromatic nitrogens is 2. The molecule has 6 heteroatoms. The van der Waals surface area contributed by atoms with E-state index < -0.39 is 0 Å². The average Bonchev–Trinajstić information content (AvgIpc) is 3.28. The molecule has 5 nitrogen and oxygen atoms in total. The molecule has 3 rings (SSSR count). The molecule has 0 saturated carbocycles. The lowest BCUT2D eigenvalue weighted by Gasteiger charge is -2.15. The summed E-state index contributed by atoms with van der Waals surface area (Å²) in [5, 5.41) is 8.94. The van der Waals surface area contributed by atoms with E-state index in [0.717, 1.165) is 43.2 Å².